The Morgan fingerprint density at radius 2 is 1.69 bits per heavy atom. The SMILES string of the molecule is O=C(NCc1ccccc1CN1CCCC1)C1COc2ccccc2O1. The van der Waals surface area contributed by atoms with Gasteiger partial charge in [0.15, 0.2) is 11.5 Å². The van der Waals surface area contributed by atoms with Crippen LogP contribution >= 0.6 is 0 Å². The maximum absolute atomic E-state index is 12.5. The molecule has 1 unspecified atom stereocenters. The molecule has 4 rings (SSSR count). The first-order chi connectivity index (χ1) is 12.8. The van der Waals surface area contributed by atoms with Gasteiger partial charge in [-0.15, -0.1) is 0 Å². The number of nitrogens with zero attached hydrogens (tertiary/aromatic N) is 1. The van der Waals surface area contributed by atoms with Gasteiger partial charge in [0.05, 0.1) is 0 Å². The van der Waals surface area contributed by atoms with Crippen LogP contribution in [-0.4, -0.2) is 36.6 Å². The van der Waals surface area contributed by atoms with Crippen molar-refractivity contribution in [2.24, 2.45) is 0 Å². The lowest BCUT2D eigenvalue weighted by Crippen LogP contribution is -2.43. The zero-order valence-corrected chi connectivity index (χ0v) is 14.8. The van der Waals surface area contributed by atoms with Crippen LogP contribution in [0, 0.1) is 0 Å². The molecule has 0 saturated carbocycles. The van der Waals surface area contributed by atoms with Crippen molar-refractivity contribution in [1.29, 1.82) is 0 Å². The fourth-order valence-electron chi connectivity index (χ4n) is 3.51. The Morgan fingerprint density at radius 1 is 1.00 bits per heavy atom. The summed E-state index contributed by atoms with van der Waals surface area (Å²) in [5, 5.41) is 3.00. The minimum Gasteiger partial charge on any atom is -0.485 e. The molecule has 1 fully saturated rings. The number of fused-ring (bicyclic) bond motifs is 1. The standard InChI is InChI=1S/C21H24N2O3/c24-21(20-15-25-18-9-3-4-10-19(18)26-20)22-13-16-7-1-2-8-17(16)14-23-11-5-6-12-23/h1-4,7-10,20H,5-6,11-15H2,(H,22,24). The highest BCUT2D eigenvalue weighted by atomic mass is 16.6. The van der Waals surface area contributed by atoms with Crippen molar-refractivity contribution in [2.45, 2.75) is 32.0 Å². The molecular formula is C21H24N2O3. The number of carbonyl (C=O) groups is 1. The number of ether oxygens (including phenoxy) is 2. The molecule has 1 saturated heterocycles. The van der Waals surface area contributed by atoms with Crippen LogP contribution in [0.2, 0.25) is 0 Å². The van der Waals surface area contributed by atoms with Gasteiger partial charge < -0.3 is 14.8 Å². The summed E-state index contributed by atoms with van der Waals surface area (Å²) in [6.07, 6.45) is 1.94. The van der Waals surface area contributed by atoms with Crippen LogP contribution in [0.3, 0.4) is 0 Å². The fraction of sp³-hybridized carbons (Fsp3) is 0.381. The summed E-state index contributed by atoms with van der Waals surface area (Å²) in [4.78, 5) is 15.0. The van der Waals surface area contributed by atoms with E-state index in [1.165, 1.54) is 18.4 Å². The number of nitrogens with one attached hydrogen (secondary N) is 1. The second kappa shape index (κ2) is 7.79. The summed E-state index contributed by atoms with van der Waals surface area (Å²) in [6, 6.07) is 15.7. The molecule has 2 heterocycles. The fourth-order valence-corrected chi connectivity index (χ4v) is 3.51. The molecule has 1 N–H and O–H groups in total. The maximum atomic E-state index is 12.5. The van der Waals surface area contributed by atoms with E-state index in [-0.39, 0.29) is 12.5 Å². The van der Waals surface area contributed by atoms with Gasteiger partial charge in [-0.3, -0.25) is 9.69 Å². The van der Waals surface area contributed by atoms with Crippen molar-refractivity contribution in [3.05, 3.63) is 59.7 Å². The molecule has 26 heavy (non-hydrogen) atoms. The number of rotatable bonds is 5. The van der Waals surface area contributed by atoms with Gasteiger partial charge in [-0.2, -0.15) is 0 Å². The third-order valence-corrected chi connectivity index (χ3v) is 4.97. The lowest BCUT2D eigenvalue weighted by atomic mass is 10.1. The van der Waals surface area contributed by atoms with Crippen molar-refractivity contribution < 1.29 is 14.3 Å². The topological polar surface area (TPSA) is 50.8 Å². The molecule has 1 atom stereocenters. The second-order valence-electron chi connectivity index (χ2n) is 6.83. The number of hydrogen-bond donors (Lipinski definition) is 1. The van der Waals surface area contributed by atoms with Gasteiger partial charge in [0.2, 0.25) is 6.10 Å². The number of para-hydroxylation sites is 2. The highest BCUT2D eigenvalue weighted by Gasteiger charge is 2.27. The largest absolute Gasteiger partial charge is 0.485 e. The van der Waals surface area contributed by atoms with E-state index in [4.69, 9.17) is 9.47 Å². The van der Waals surface area contributed by atoms with Crippen LogP contribution in [0.5, 0.6) is 11.5 Å². The minimum atomic E-state index is -0.615. The molecule has 5 nitrogen and oxygen atoms in total. The van der Waals surface area contributed by atoms with E-state index < -0.39 is 6.10 Å². The average Bonchev–Trinajstić information content (AvgIpc) is 3.20. The molecule has 0 bridgehead atoms. The van der Waals surface area contributed by atoms with Crippen LogP contribution in [0.4, 0.5) is 0 Å². The van der Waals surface area contributed by atoms with E-state index in [1.54, 1.807) is 0 Å². The van der Waals surface area contributed by atoms with Crippen LogP contribution in [-0.2, 0) is 17.9 Å². The van der Waals surface area contributed by atoms with Crippen LogP contribution < -0.4 is 14.8 Å². The molecule has 0 spiro atoms. The van der Waals surface area contributed by atoms with Gasteiger partial charge in [-0.05, 0) is 49.2 Å². The third-order valence-electron chi connectivity index (χ3n) is 4.97. The Morgan fingerprint density at radius 3 is 2.50 bits per heavy atom. The van der Waals surface area contributed by atoms with E-state index in [0.717, 1.165) is 25.2 Å². The van der Waals surface area contributed by atoms with Gasteiger partial charge >= 0.3 is 0 Å². The van der Waals surface area contributed by atoms with Gasteiger partial charge in [0.25, 0.3) is 5.91 Å². The van der Waals surface area contributed by atoms with Crippen LogP contribution in [0.1, 0.15) is 24.0 Å². The highest BCUT2D eigenvalue weighted by Crippen LogP contribution is 2.30. The zero-order valence-electron chi connectivity index (χ0n) is 14.8. The predicted octanol–water partition coefficient (Wildman–Crippen LogP) is 2.74. The average molecular weight is 352 g/mol. The first kappa shape index (κ1) is 16.9. The van der Waals surface area contributed by atoms with E-state index >= 15 is 0 Å². The molecule has 0 aliphatic carbocycles. The van der Waals surface area contributed by atoms with Crippen molar-refractivity contribution >= 4 is 5.91 Å². The zero-order chi connectivity index (χ0) is 17.8. The summed E-state index contributed by atoms with van der Waals surface area (Å²) < 4.78 is 11.4. The Labute approximate surface area is 153 Å². The smallest absolute Gasteiger partial charge is 0.264 e. The van der Waals surface area contributed by atoms with Crippen molar-refractivity contribution in [2.75, 3.05) is 19.7 Å². The number of carbonyl (C=O) groups excluding carboxylic acids is 1. The van der Waals surface area contributed by atoms with E-state index in [1.807, 2.05) is 30.3 Å². The molecule has 5 heteroatoms. The first-order valence-electron chi connectivity index (χ1n) is 9.25. The Kier molecular flexibility index (Phi) is 5.07. The Hall–Kier alpha value is -2.53. The Bertz CT molecular complexity index is 771. The summed E-state index contributed by atoms with van der Waals surface area (Å²) >= 11 is 0. The number of benzene rings is 2. The molecule has 2 aliphatic rings. The molecule has 2 aliphatic heterocycles. The van der Waals surface area contributed by atoms with E-state index in [9.17, 15) is 4.79 Å². The van der Waals surface area contributed by atoms with Gasteiger partial charge in [-0.25, -0.2) is 0 Å². The van der Waals surface area contributed by atoms with Gasteiger partial charge in [-0.1, -0.05) is 36.4 Å². The molecule has 2 aromatic carbocycles. The molecular weight excluding hydrogens is 328 g/mol. The van der Waals surface area contributed by atoms with Gasteiger partial charge in [0.1, 0.15) is 6.61 Å². The van der Waals surface area contributed by atoms with Crippen LogP contribution in [0.15, 0.2) is 48.5 Å². The van der Waals surface area contributed by atoms with Gasteiger partial charge in [0, 0.05) is 13.1 Å². The van der Waals surface area contributed by atoms with E-state index in [0.29, 0.717) is 18.0 Å². The summed E-state index contributed by atoms with van der Waals surface area (Å²) in [5.74, 6) is 1.16. The normalized spacial score (nSPS) is 19.3. The number of likely N-dealkylation sites (tertiary alicyclic amines) is 1. The molecule has 2 aromatic rings. The highest BCUT2D eigenvalue weighted by molar-refractivity contribution is 5.81. The third kappa shape index (κ3) is 3.83. The van der Waals surface area contributed by atoms with Crippen molar-refractivity contribution in [1.82, 2.24) is 10.2 Å². The quantitative estimate of drug-likeness (QED) is 0.899. The lowest BCUT2D eigenvalue weighted by molar-refractivity contribution is -0.130. The maximum Gasteiger partial charge on any atom is 0.264 e. The molecule has 0 radical (unpaired) electrons. The summed E-state index contributed by atoms with van der Waals surface area (Å²) in [7, 11) is 0. The monoisotopic (exact) mass is 352 g/mol. The second-order valence-corrected chi connectivity index (χ2v) is 6.83. The first-order valence-corrected chi connectivity index (χ1v) is 9.25. The molecule has 1 amide bonds. The molecule has 136 valence electrons. The summed E-state index contributed by atoms with van der Waals surface area (Å²) in [5.41, 5.74) is 2.44. The number of amides is 1. The van der Waals surface area contributed by atoms with E-state index in [2.05, 4.69) is 28.4 Å². The van der Waals surface area contributed by atoms with Crippen molar-refractivity contribution in [3.63, 3.8) is 0 Å². The number of hydrogen-bond acceptors (Lipinski definition) is 4. The summed E-state index contributed by atoms with van der Waals surface area (Å²) in [6.45, 7) is 4.01. The van der Waals surface area contributed by atoms with Crippen LogP contribution in [0.25, 0.3) is 0 Å². The molecule has 0 aromatic heterocycles. The predicted molar refractivity (Wildman–Crippen MR) is 99.2 cm³/mol. The van der Waals surface area contributed by atoms with Crippen molar-refractivity contribution in [3.8, 4) is 11.5 Å². The lowest BCUT2D eigenvalue weighted by Gasteiger charge is -2.25. The minimum absolute atomic E-state index is 0.143. The Balaban J connectivity index is 1.36.